The van der Waals surface area contributed by atoms with Gasteiger partial charge in [0.2, 0.25) is 11.7 Å². The third-order valence-corrected chi connectivity index (χ3v) is 8.59. The van der Waals surface area contributed by atoms with Crippen molar-refractivity contribution < 1.29 is 39.6 Å². The first-order valence-corrected chi connectivity index (χ1v) is 13.5. The number of phenolic OH excluding ortho intramolecular Hbond substituents is 1. The van der Waals surface area contributed by atoms with Gasteiger partial charge in [-0.1, -0.05) is 0 Å². The van der Waals surface area contributed by atoms with Crippen LogP contribution in [0, 0.1) is 11.8 Å². The number of nitrogens with zero attached hydrogens (tertiary/aromatic N) is 3. The van der Waals surface area contributed by atoms with E-state index in [0.717, 1.165) is 0 Å². The Bertz CT molecular complexity index is 1410. The average Bonchev–Trinajstić information content (AvgIpc) is 2.86. The maximum absolute atomic E-state index is 14.0. The predicted molar refractivity (Wildman–Crippen MR) is 150 cm³/mol. The number of likely N-dealkylation sites (N-methyl/N-ethyl adjacent to an activating group) is 1. The van der Waals surface area contributed by atoms with Gasteiger partial charge in [0.05, 0.1) is 11.6 Å². The Morgan fingerprint density at radius 1 is 1.07 bits per heavy atom. The van der Waals surface area contributed by atoms with Gasteiger partial charge in [0.25, 0.3) is 5.91 Å². The van der Waals surface area contributed by atoms with E-state index < -0.39 is 58.0 Å². The number of benzene rings is 1. The van der Waals surface area contributed by atoms with Gasteiger partial charge in [-0.3, -0.25) is 24.1 Å². The van der Waals surface area contributed by atoms with Crippen molar-refractivity contribution in [1.29, 1.82) is 0 Å². The van der Waals surface area contributed by atoms with Crippen LogP contribution in [-0.2, 0) is 32.0 Å². The van der Waals surface area contributed by atoms with Crippen molar-refractivity contribution in [1.82, 2.24) is 9.80 Å². The van der Waals surface area contributed by atoms with E-state index in [0.29, 0.717) is 29.7 Å². The van der Waals surface area contributed by atoms with Crippen LogP contribution in [0.5, 0.6) is 5.75 Å². The molecule has 0 saturated heterocycles. The lowest BCUT2D eigenvalue weighted by atomic mass is 9.57. The molecule has 1 aromatic carbocycles. The minimum atomic E-state index is -2.69. The quantitative estimate of drug-likeness (QED) is 0.288. The molecule has 0 radical (unpaired) electrons. The van der Waals surface area contributed by atoms with E-state index >= 15 is 0 Å². The molecule has 3 aliphatic rings. The maximum atomic E-state index is 14.0. The van der Waals surface area contributed by atoms with Crippen LogP contribution < -0.4 is 10.6 Å². The Balaban J connectivity index is 1.88. The summed E-state index contributed by atoms with van der Waals surface area (Å²) in [4.78, 5) is 56.3. The number of hydrogen-bond donors (Lipinski definition) is 5. The smallest absolute Gasteiger partial charge is 0.255 e. The summed E-state index contributed by atoms with van der Waals surface area (Å²) in [6.07, 6.45) is 1.24. The van der Waals surface area contributed by atoms with Crippen LogP contribution in [0.2, 0.25) is 0 Å². The third-order valence-electron chi connectivity index (χ3n) is 8.59. The first-order chi connectivity index (χ1) is 19.0. The number of anilines is 1. The molecule has 0 spiro atoms. The standard InChI is InChI=1S/C29H38N4O8/c1-31(2)17-12-13(8-7-9-18(34)32(3)4)23(35)20-15(17)10-14-11-16-22(33(5)6)25(37)21(28(30)40)27(39)29(16,41)26(38)19(14)24(20)36/h12,14,16,22,35-36,39,41H,7-11H2,1-6H3,(H2,30,40)/t14-,16-,22-,29-/m0/s1. The lowest BCUT2D eigenvalue weighted by Gasteiger charge is -2.50. The first kappa shape index (κ1) is 30.1. The fourth-order valence-corrected chi connectivity index (χ4v) is 6.59. The Kier molecular flexibility index (Phi) is 7.70. The number of hydrogen-bond acceptors (Lipinski definition) is 10. The summed E-state index contributed by atoms with van der Waals surface area (Å²) < 4.78 is 0. The first-order valence-electron chi connectivity index (χ1n) is 13.5. The molecule has 6 N–H and O–H groups in total. The molecule has 41 heavy (non-hydrogen) atoms. The van der Waals surface area contributed by atoms with Gasteiger partial charge in [-0.05, 0) is 62.9 Å². The van der Waals surface area contributed by atoms with Crippen LogP contribution in [0.25, 0.3) is 5.76 Å². The summed E-state index contributed by atoms with van der Waals surface area (Å²) in [5.74, 6) is -6.87. The number of amides is 2. The van der Waals surface area contributed by atoms with E-state index in [9.17, 15) is 39.6 Å². The molecule has 222 valence electrons. The van der Waals surface area contributed by atoms with Crippen molar-refractivity contribution in [2.45, 2.75) is 43.7 Å². The minimum Gasteiger partial charge on any atom is -0.508 e. The minimum absolute atomic E-state index is 0.0216. The number of carbonyl (C=O) groups excluding carboxylic acids is 4. The summed E-state index contributed by atoms with van der Waals surface area (Å²) >= 11 is 0. The molecule has 0 aromatic heterocycles. The van der Waals surface area contributed by atoms with Crippen molar-refractivity contribution in [2.75, 3.05) is 47.2 Å². The molecule has 4 atom stereocenters. The number of aliphatic hydroxyl groups excluding tert-OH is 2. The third kappa shape index (κ3) is 4.55. The Morgan fingerprint density at radius 3 is 2.24 bits per heavy atom. The van der Waals surface area contributed by atoms with Gasteiger partial charge >= 0.3 is 0 Å². The topological polar surface area (TPSA) is 185 Å². The molecule has 1 saturated carbocycles. The zero-order valence-corrected chi connectivity index (χ0v) is 24.2. The SMILES string of the molecule is CN(C)C(=O)CCCc1cc(N(C)C)c2c(c1O)C(O)=C1C(=O)[C@]3(O)C(O)=C(C(N)=O)C(=O)[C@@H](N(C)C)[C@@H]3C[C@@H]1C2. The highest BCUT2D eigenvalue weighted by Crippen LogP contribution is 2.54. The molecule has 12 heteroatoms. The van der Waals surface area contributed by atoms with E-state index in [-0.39, 0.29) is 42.1 Å². The molecule has 0 bridgehead atoms. The fraction of sp³-hybridized carbons (Fsp3) is 0.517. The van der Waals surface area contributed by atoms with Gasteiger partial charge in [-0.2, -0.15) is 0 Å². The number of nitrogens with two attached hydrogens (primary N) is 1. The molecule has 1 aromatic rings. The highest BCUT2D eigenvalue weighted by molar-refractivity contribution is 6.24. The highest BCUT2D eigenvalue weighted by atomic mass is 16.3. The molecular weight excluding hydrogens is 532 g/mol. The second-order valence-corrected chi connectivity index (χ2v) is 11.8. The Morgan fingerprint density at radius 2 is 1.71 bits per heavy atom. The normalized spacial score (nSPS) is 25.6. The second kappa shape index (κ2) is 10.5. The Labute approximate surface area is 238 Å². The van der Waals surface area contributed by atoms with Gasteiger partial charge in [-0.15, -0.1) is 0 Å². The maximum Gasteiger partial charge on any atom is 0.255 e. The van der Waals surface area contributed by atoms with Gasteiger partial charge in [0.15, 0.2) is 11.4 Å². The summed E-state index contributed by atoms with van der Waals surface area (Å²) in [5.41, 5.74) is 3.45. The molecule has 1 fully saturated rings. The number of ketones is 2. The summed E-state index contributed by atoms with van der Waals surface area (Å²) in [7, 11) is 10.1. The lowest BCUT2D eigenvalue weighted by Crippen LogP contribution is -2.65. The monoisotopic (exact) mass is 570 g/mol. The number of fused-ring (bicyclic) bond motifs is 3. The zero-order chi connectivity index (χ0) is 30.7. The van der Waals surface area contributed by atoms with E-state index in [1.165, 1.54) is 9.80 Å². The van der Waals surface area contributed by atoms with E-state index in [1.54, 1.807) is 34.3 Å². The van der Waals surface area contributed by atoms with Crippen LogP contribution >= 0.6 is 0 Å². The molecule has 2 amide bonds. The number of phenols is 1. The molecule has 0 heterocycles. The summed E-state index contributed by atoms with van der Waals surface area (Å²) in [6, 6.07) is 0.662. The van der Waals surface area contributed by atoms with E-state index in [4.69, 9.17) is 5.73 Å². The second-order valence-electron chi connectivity index (χ2n) is 11.8. The Hall–Kier alpha value is -3.90. The van der Waals surface area contributed by atoms with Crippen molar-refractivity contribution in [3.63, 3.8) is 0 Å². The van der Waals surface area contributed by atoms with Crippen LogP contribution in [0.4, 0.5) is 5.69 Å². The van der Waals surface area contributed by atoms with Crippen molar-refractivity contribution in [3.05, 3.63) is 39.7 Å². The number of rotatable bonds is 7. The lowest BCUT2D eigenvalue weighted by molar-refractivity contribution is -0.153. The van der Waals surface area contributed by atoms with Gasteiger partial charge in [-0.25, -0.2) is 0 Å². The average molecular weight is 571 g/mol. The number of aliphatic hydroxyl groups is 3. The molecule has 0 aliphatic heterocycles. The van der Waals surface area contributed by atoms with E-state index in [1.807, 2.05) is 19.0 Å². The van der Waals surface area contributed by atoms with Crippen molar-refractivity contribution >= 4 is 34.8 Å². The number of primary amides is 1. The van der Waals surface area contributed by atoms with Crippen molar-refractivity contribution in [2.24, 2.45) is 17.6 Å². The summed E-state index contributed by atoms with van der Waals surface area (Å²) in [5, 5.41) is 45.6. The summed E-state index contributed by atoms with van der Waals surface area (Å²) in [6.45, 7) is 0. The number of aryl methyl sites for hydroxylation is 1. The van der Waals surface area contributed by atoms with Crippen LogP contribution in [0.3, 0.4) is 0 Å². The van der Waals surface area contributed by atoms with E-state index in [2.05, 4.69) is 0 Å². The van der Waals surface area contributed by atoms with Crippen molar-refractivity contribution in [3.8, 4) is 5.75 Å². The molecule has 3 aliphatic carbocycles. The van der Waals surface area contributed by atoms with Gasteiger partial charge in [0, 0.05) is 51.8 Å². The highest BCUT2D eigenvalue weighted by Gasteiger charge is 2.64. The van der Waals surface area contributed by atoms with Crippen LogP contribution in [0.1, 0.15) is 36.0 Å². The number of aromatic hydroxyl groups is 1. The molecule has 4 rings (SSSR count). The number of carbonyl (C=O) groups is 4. The fourth-order valence-electron chi connectivity index (χ4n) is 6.59. The van der Waals surface area contributed by atoms with Crippen LogP contribution in [0.15, 0.2) is 23.0 Å². The van der Waals surface area contributed by atoms with Gasteiger partial charge < -0.3 is 36.0 Å². The zero-order valence-electron chi connectivity index (χ0n) is 24.2. The molecule has 12 nitrogen and oxygen atoms in total. The van der Waals surface area contributed by atoms with Gasteiger partial charge in [0.1, 0.15) is 22.8 Å². The molecule has 0 unspecified atom stereocenters. The predicted octanol–water partition coefficient (Wildman–Crippen LogP) is 0.441. The largest absolute Gasteiger partial charge is 0.508 e. The number of Topliss-reactive ketones (excluding diaryl/α,β-unsaturated/α-hetero) is 2. The van der Waals surface area contributed by atoms with Crippen LogP contribution in [-0.4, -0.2) is 108 Å². The molecular formula is C29H38N4O8.